The Bertz CT molecular complexity index is 3230. The minimum Gasteiger partial charge on any atom is -0.309 e. The molecular weight excluding hydrogens is 695 g/mol. The van der Waals surface area contributed by atoms with Gasteiger partial charge in [-0.15, -0.1) is 11.3 Å². The lowest BCUT2D eigenvalue weighted by Crippen LogP contribution is -2.10. The van der Waals surface area contributed by atoms with Gasteiger partial charge in [0.15, 0.2) is 0 Å². The van der Waals surface area contributed by atoms with Crippen molar-refractivity contribution in [2.24, 2.45) is 0 Å². The second-order valence-electron chi connectivity index (χ2n) is 14.5. The first-order valence-corrected chi connectivity index (χ1v) is 20.0. The molecule has 0 spiro atoms. The van der Waals surface area contributed by atoms with Gasteiger partial charge in [-0.3, -0.25) is 0 Å². The van der Waals surface area contributed by atoms with Gasteiger partial charge >= 0.3 is 0 Å². The lowest BCUT2D eigenvalue weighted by atomic mass is 9.89. The quantitative estimate of drug-likeness (QED) is 0.154. The number of thiophene rings is 1. The van der Waals surface area contributed by atoms with Crippen LogP contribution in [0.25, 0.3) is 85.9 Å². The second-order valence-corrected chi connectivity index (χ2v) is 15.5. The Kier molecular flexibility index (Phi) is 7.75. The molecule has 0 aliphatic heterocycles. The van der Waals surface area contributed by atoms with E-state index in [2.05, 4.69) is 217 Å². The van der Waals surface area contributed by atoms with Gasteiger partial charge in [0.25, 0.3) is 0 Å². The predicted molar refractivity (Wildman–Crippen MR) is 243 cm³/mol. The summed E-state index contributed by atoms with van der Waals surface area (Å²) >= 11 is 1.89. The van der Waals surface area contributed by atoms with Crippen LogP contribution in [-0.4, -0.2) is 0 Å². The van der Waals surface area contributed by atoms with Gasteiger partial charge in [0.2, 0.25) is 0 Å². The monoisotopic (exact) mass is 729 g/mol. The predicted octanol–water partition coefficient (Wildman–Crippen LogP) is 16.0. The Morgan fingerprint density at radius 2 is 0.839 bits per heavy atom. The normalized spacial score (nSPS) is 11.6. The zero-order valence-electron chi connectivity index (χ0n) is 30.6. The summed E-state index contributed by atoms with van der Waals surface area (Å²) in [6.45, 7) is 0. The first-order valence-electron chi connectivity index (χ1n) is 19.2. The van der Waals surface area contributed by atoms with Gasteiger partial charge in [0.1, 0.15) is 0 Å². The molecule has 0 fully saturated rings. The molecule has 2 heteroatoms. The topological polar surface area (TPSA) is 3.24 Å². The molecule has 262 valence electrons. The highest BCUT2D eigenvalue weighted by Crippen LogP contribution is 2.47. The van der Waals surface area contributed by atoms with Crippen LogP contribution in [0.5, 0.6) is 0 Å². The summed E-state index contributed by atoms with van der Waals surface area (Å²) in [5.74, 6) is 0. The molecule has 0 radical (unpaired) electrons. The van der Waals surface area contributed by atoms with Gasteiger partial charge in [-0.25, -0.2) is 0 Å². The molecule has 0 aliphatic rings. The Balaban J connectivity index is 1.07. The highest BCUT2D eigenvalue weighted by molar-refractivity contribution is 7.27. The fraction of sp³-hybridized carbons (Fsp3) is 0. The Morgan fingerprint density at radius 1 is 0.286 bits per heavy atom. The van der Waals surface area contributed by atoms with Crippen LogP contribution in [-0.2, 0) is 0 Å². The molecular formula is C54H35NS. The number of fused-ring (bicyclic) bond motifs is 8. The minimum atomic E-state index is 1.12. The van der Waals surface area contributed by atoms with E-state index >= 15 is 0 Å². The Morgan fingerprint density at radius 3 is 1.61 bits per heavy atom. The van der Waals surface area contributed by atoms with Crippen LogP contribution in [0.4, 0.5) is 17.1 Å². The van der Waals surface area contributed by atoms with Crippen molar-refractivity contribution in [2.75, 3.05) is 4.90 Å². The first-order chi connectivity index (χ1) is 27.8. The van der Waals surface area contributed by atoms with Gasteiger partial charge in [0, 0.05) is 26.8 Å². The average Bonchev–Trinajstić information content (AvgIpc) is 3.67. The largest absolute Gasteiger partial charge is 0.309 e. The van der Waals surface area contributed by atoms with E-state index < -0.39 is 0 Å². The molecule has 0 amide bonds. The molecule has 0 aliphatic carbocycles. The number of benzene rings is 10. The van der Waals surface area contributed by atoms with E-state index in [-0.39, 0.29) is 0 Å². The van der Waals surface area contributed by atoms with Crippen LogP contribution >= 0.6 is 11.3 Å². The highest BCUT2D eigenvalue weighted by atomic mass is 32.1. The molecule has 0 atom stereocenters. The van der Waals surface area contributed by atoms with Crippen LogP contribution < -0.4 is 4.90 Å². The third kappa shape index (κ3) is 5.38. The lowest BCUT2D eigenvalue weighted by Gasteiger charge is -2.26. The van der Waals surface area contributed by atoms with E-state index in [0.29, 0.717) is 0 Å². The summed E-state index contributed by atoms with van der Waals surface area (Å²) in [6, 6.07) is 77.6. The third-order valence-electron chi connectivity index (χ3n) is 11.3. The van der Waals surface area contributed by atoms with Crippen LogP contribution in [0, 0.1) is 0 Å². The van der Waals surface area contributed by atoms with Gasteiger partial charge in [-0.05, 0) is 102 Å². The van der Waals surface area contributed by atoms with Gasteiger partial charge < -0.3 is 4.90 Å². The maximum absolute atomic E-state index is 2.43. The van der Waals surface area contributed by atoms with E-state index in [1.54, 1.807) is 0 Å². The highest BCUT2D eigenvalue weighted by Gasteiger charge is 2.20. The average molecular weight is 730 g/mol. The van der Waals surface area contributed by atoms with Crippen LogP contribution in [0.2, 0.25) is 0 Å². The molecule has 1 nitrogen and oxygen atoms in total. The van der Waals surface area contributed by atoms with Crippen molar-refractivity contribution in [1.82, 2.24) is 0 Å². The van der Waals surface area contributed by atoms with Crippen molar-refractivity contribution in [3.8, 4) is 33.4 Å². The Hall–Kier alpha value is -7.00. The number of nitrogens with zero attached hydrogens (tertiary/aromatic N) is 1. The molecule has 0 unspecified atom stereocenters. The van der Waals surface area contributed by atoms with Crippen molar-refractivity contribution in [2.45, 2.75) is 0 Å². The smallest absolute Gasteiger partial charge is 0.0640 e. The molecule has 10 aromatic carbocycles. The van der Waals surface area contributed by atoms with E-state index in [0.717, 1.165) is 11.4 Å². The van der Waals surface area contributed by atoms with Gasteiger partial charge in [-0.2, -0.15) is 0 Å². The number of hydrogen-bond donors (Lipinski definition) is 0. The number of anilines is 3. The molecule has 11 aromatic rings. The maximum atomic E-state index is 2.43. The zero-order valence-corrected chi connectivity index (χ0v) is 31.4. The molecule has 0 N–H and O–H groups in total. The summed E-state index contributed by atoms with van der Waals surface area (Å²) in [5.41, 5.74) is 10.7. The van der Waals surface area contributed by atoms with Crippen molar-refractivity contribution in [1.29, 1.82) is 0 Å². The van der Waals surface area contributed by atoms with Crippen molar-refractivity contribution in [3.63, 3.8) is 0 Å². The first kappa shape index (κ1) is 32.4. The zero-order chi connectivity index (χ0) is 37.0. The number of hydrogen-bond acceptors (Lipinski definition) is 2. The summed E-state index contributed by atoms with van der Waals surface area (Å²) in [7, 11) is 0. The van der Waals surface area contributed by atoms with Crippen molar-refractivity contribution >= 4 is 80.9 Å². The second kappa shape index (κ2) is 13.4. The van der Waals surface area contributed by atoms with Crippen LogP contribution in [0.3, 0.4) is 0 Å². The standard InChI is InChI=1S/C54H35NS/c1-2-13-36(14-3-1)37-25-30-41(31-26-37)55(52-24-12-23-49-50-34-29-38-15-4-7-19-45(38)53(50)56-54(49)52)42-32-27-39(28-33-42)43-17-8-9-21-47(43)51-35-40-16-5-6-18-44(40)46-20-10-11-22-48(46)51/h1-35H. The number of rotatable bonds is 6. The van der Waals surface area contributed by atoms with Crippen molar-refractivity contribution < 1.29 is 0 Å². The van der Waals surface area contributed by atoms with Crippen molar-refractivity contribution in [3.05, 3.63) is 212 Å². The minimum absolute atomic E-state index is 1.12. The van der Waals surface area contributed by atoms with E-state index in [9.17, 15) is 0 Å². The van der Waals surface area contributed by atoms with Crippen LogP contribution in [0.15, 0.2) is 212 Å². The molecule has 0 saturated carbocycles. The van der Waals surface area contributed by atoms with E-state index in [1.807, 2.05) is 11.3 Å². The van der Waals surface area contributed by atoms with E-state index in [4.69, 9.17) is 0 Å². The van der Waals surface area contributed by atoms with E-state index in [1.165, 1.54) is 91.6 Å². The molecule has 0 bridgehead atoms. The summed E-state index contributed by atoms with van der Waals surface area (Å²) in [4.78, 5) is 2.43. The lowest BCUT2D eigenvalue weighted by molar-refractivity contribution is 1.30. The molecule has 0 saturated heterocycles. The van der Waals surface area contributed by atoms with Gasteiger partial charge in [0.05, 0.1) is 10.4 Å². The Labute approximate surface area is 330 Å². The molecule has 1 aromatic heterocycles. The fourth-order valence-corrected chi connectivity index (χ4v) is 9.92. The molecule has 1 heterocycles. The fourth-order valence-electron chi connectivity index (χ4n) is 8.59. The third-order valence-corrected chi connectivity index (χ3v) is 12.5. The van der Waals surface area contributed by atoms with Gasteiger partial charge in [-0.1, -0.05) is 176 Å². The summed E-state index contributed by atoms with van der Waals surface area (Å²) in [5, 5.41) is 10.3. The molecule has 56 heavy (non-hydrogen) atoms. The maximum Gasteiger partial charge on any atom is 0.0640 e. The summed E-state index contributed by atoms with van der Waals surface area (Å²) in [6.07, 6.45) is 0. The van der Waals surface area contributed by atoms with Crippen LogP contribution in [0.1, 0.15) is 0 Å². The summed E-state index contributed by atoms with van der Waals surface area (Å²) < 4.78 is 2.61. The molecule has 11 rings (SSSR count). The SMILES string of the molecule is c1ccc(-c2ccc(N(c3ccc(-c4ccccc4-c4cc5ccccc5c5ccccc45)cc3)c3cccc4c3sc3c5ccccc5ccc43)cc2)cc1.